The van der Waals surface area contributed by atoms with Gasteiger partial charge in [0.15, 0.2) is 0 Å². The molecule has 2 aromatic carbocycles. The Labute approximate surface area is 183 Å². The zero-order valence-corrected chi connectivity index (χ0v) is 17.9. The number of hydrogen-bond acceptors (Lipinski definition) is 6. The first-order valence-corrected chi connectivity index (χ1v) is 10.1. The lowest BCUT2D eigenvalue weighted by Crippen LogP contribution is -2.22. The van der Waals surface area contributed by atoms with Crippen molar-refractivity contribution in [1.82, 2.24) is 24.1 Å². The molecule has 0 atom stereocenters. The predicted octanol–water partition coefficient (Wildman–Crippen LogP) is 3.48. The molecule has 5 rings (SSSR count). The third kappa shape index (κ3) is 3.26. The largest absolute Gasteiger partial charge is 0.497 e. The Balaban J connectivity index is 1.80. The minimum Gasteiger partial charge on any atom is -0.497 e. The van der Waals surface area contributed by atoms with E-state index in [9.17, 15) is 4.79 Å². The molecule has 0 saturated carbocycles. The van der Waals surface area contributed by atoms with Crippen molar-refractivity contribution >= 4 is 16.7 Å². The molecule has 0 aliphatic rings. The zero-order valence-electron chi connectivity index (χ0n) is 17.9. The molecule has 3 aromatic heterocycles. The molecule has 0 spiro atoms. The molecule has 0 aliphatic heterocycles. The predicted molar refractivity (Wildman–Crippen MR) is 121 cm³/mol. The third-order valence-corrected chi connectivity index (χ3v) is 5.38. The van der Waals surface area contributed by atoms with Gasteiger partial charge in [-0.2, -0.15) is 9.50 Å². The smallest absolute Gasteiger partial charge is 0.262 e. The normalized spacial score (nSPS) is 11.2. The lowest BCUT2D eigenvalue weighted by Gasteiger charge is -2.13. The summed E-state index contributed by atoms with van der Waals surface area (Å²) in [7, 11) is 3.23. The van der Waals surface area contributed by atoms with Gasteiger partial charge in [0.05, 0.1) is 37.4 Å². The van der Waals surface area contributed by atoms with Crippen molar-refractivity contribution in [1.29, 1.82) is 0 Å². The van der Waals surface area contributed by atoms with Crippen molar-refractivity contribution < 1.29 is 9.47 Å². The lowest BCUT2D eigenvalue weighted by atomic mass is 10.1. The molecule has 0 saturated heterocycles. The molecule has 0 bridgehead atoms. The minimum absolute atomic E-state index is 0.172. The van der Waals surface area contributed by atoms with Gasteiger partial charge in [-0.05, 0) is 31.2 Å². The molecule has 0 amide bonds. The maximum Gasteiger partial charge on any atom is 0.262 e. The maximum atomic E-state index is 13.7. The van der Waals surface area contributed by atoms with E-state index in [1.165, 1.54) is 0 Å². The molecular weight excluding hydrogens is 406 g/mol. The summed E-state index contributed by atoms with van der Waals surface area (Å²) in [5.41, 5.74) is 2.71. The molecule has 32 heavy (non-hydrogen) atoms. The van der Waals surface area contributed by atoms with Crippen molar-refractivity contribution in [2.75, 3.05) is 14.2 Å². The van der Waals surface area contributed by atoms with Gasteiger partial charge in [0.25, 0.3) is 11.3 Å². The highest BCUT2D eigenvalue weighted by molar-refractivity contribution is 5.93. The Morgan fingerprint density at radius 3 is 2.62 bits per heavy atom. The second-order valence-electron chi connectivity index (χ2n) is 7.38. The number of pyridine rings is 1. The van der Waals surface area contributed by atoms with Crippen LogP contribution in [-0.4, -0.2) is 38.4 Å². The van der Waals surface area contributed by atoms with Crippen LogP contribution in [0.25, 0.3) is 27.9 Å². The van der Waals surface area contributed by atoms with Gasteiger partial charge >= 0.3 is 0 Å². The van der Waals surface area contributed by atoms with E-state index >= 15 is 0 Å². The fraction of sp³-hybridized carbons (Fsp3) is 0.167. The number of hydrogen-bond donors (Lipinski definition) is 0. The molecule has 0 unspecified atom stereocenters. The van der Waals surface area contributed by atoms with Crippen LogP contribution in [-0.2, 0) is 6.54 Å². The molecule has 0 radical (unpaired) electrons. The highest BCUT2D eigenvalue weighted by atomic mass is 16.5. The highest BCUT2D eigenvalue weighted by Crippen LogP contribution is 2.29. The van der Waals surface area contributed by atoms with Crippen molar-refractivity contribution in [3.8, 4) is 22.8 Å². The van der Waals surface area contributed by atoms with Crippen molar-refractivity contribution in [2.45, 2.75) is 13.5 Å². The van der Waals surface area contributed by atoms with Gasteiger partial charge < -0.3 is 14.0 Å². The molecule has 8 heteroatoms. The van der Waals surface area contributed by atoms with Crippen LogP contribution < -0.4 is 15.0 Å². The van der Waals surface area contributed by atoms with Gasteiger partial charge in [-0.1, -0.05) is 30.3 Å². The Hall–Kier alpha value is -4.20. The van der Waals surface area contributed by atoms with Crippen molar-refractivity contribution in [2.24, 2.45) is 0 Å². The maximum absolute atomic E-state index is 13.7. The summed E-state index contributed by atoms with van der Waals surface area (Å²) in [5.74, 6) is 2.43. The number of methoxy groups -OCH3 is 2. The average Bonchev–Trinajstić information content (AvgIpc) is 3.19. The number of aryl methyl sites for hydroxylation is 1. The highest BCUT2D eigenvalue weighted by Gasteiger charge is 2.19. The number of benzene rings is 2. The SMILES string of the molecule is COc1cccc(-c2c3c(=O)n(Cc4ccccc4OC)ccc3nc3nc(C)nn23)c1. The topological polar surface area (TPSA) is 83.5 Å². The number of rotatable bonds is 5. The molecular formula is C24H21N5O3. The van der Waals surface area contributed by atoms with Crippen molar-refractivity contribution in [3.63, 3.8) is 0 Å². The second kappa shape index (κ2) is 7.81. The van der Waals surface area contributed by atoms with E-state index in [4.69, 9.17) is 9.47 Å². The monoisotopic (exact) mass is 427 g/mol. The quantitative estimate of drug-likeness (QED) is 0.427. The first kappa shape index (κ1) is 19.7. The molecule has 0 aliphatic carbocycles. The standard InChI is InChI=1S/C24H21N5O3/c1-15-25-24-26-19-11-12-28(14-17-7-4-5-10-20(17)32-3)23(30)21(19)22(29(24)27-15)16-8-6-9-18(13-16)31-2/h4-13H,14H2,1-3H3. The van der Waals surface area contributed by atoms with E-state index in [-0.39, 0.29) is 5.56 Å². The van der Waals surface area contributed by atoms with Crippen molar-refractivity contribution in [3.05, 3.63) is 82.5 Å². The van der Waals surface area contributed by atoms with Gasteiger partial charge in [0, 0.05) is 17.3 Å². The van der Waals surface area contributed by atoms with Gasteiger partial charge in [-0.3, -0.25) is 4.79 Å². The Bertz CT molecular complexity index is 1520. The van der Waals surface area contributed by atoms with E-state index < -0.39 is 0 Å². The minimum atomic E-state index is -0.172. The molecule has 160 valence electrons. The summed E-state index contributed by atoms with van der Waals surface area (Å²) in [6, 6.07) is 17.0. The van der Waals surface area contributed by atoms with Crippen LogP contribution in [0.1, 0.15) is 11.4 Å². The molecule has 0 fully saturated rings. The van der Waals surface area contributed by atoms with Gasteiger partial charge in [0.1, 0.15) is 17.3 Å². The zero-order chi connectivity index (χ0) is 22.2. The van der Waals surface area contributed by atoms with Gasteiger partial charge in [-0.15, -0.1) is 5.10 Å². The number of ether oxygens (including phenoxy) is 2. The fourth-order valence-electron chi connectivity index (χ4n) is 3.90. The second-order valence-corrected chi connectivity index (χ2v) is 7.38. The van der Waals surface area contributed by atoms with Crippen LogP contribution in [0, 0.1) is 6.92 Å². The van der Waals surface area contributed by atoms with Gasteiger partial charge in [0.2, 0.25) is 0 Å². The van der Waals surface area contributed by atoms with E-state index in [1.54, 1.807) is 36.4 Å². The number of nitrogens with zero attached hydrogens (tertiary/aromatic N) is 5. The van der Waals surface area contributed by atoms with Crippen LogP contribution in [0.5, 0.6) is 11.5 Å². The number of para-hydroxylation sites is 1. The van der Waals surface area contributed by atoms with Crippen LogP contribution in [0.15, 0.2) is 65.6 Å². The summed E-state index contributed by atoms with van der Waals surface area (Å²) >= 11 is 0. The number of fused-ring (bicyclic) bond motifs is 2. The Kier molecular flexibility index (Phi) is 4.82. The summed E-state index contributed by atoms with van der Waals surface area (Å²) in [5, 5.41) is 4.98. The number of aromatic nitrogens is 5. The van der Waals surface area contributed by atoms with Crippen LogP contribution in [0.4, 0.5) is 0 Å². The van der Waals surface area contributed by atoms with E-state index in [0.29, 0.717) is 40.5 Å². The first-order valence-electron chi connectivity index (χ1n) is 10.1. The van der Waals surface area contributed by atoms with Crippen LogP contribution in [0.3, 0.4) is 0 Å². The summed E-state index contributed by atoms with van der Waals surface area (Å²) in [6.45, 7) is 2.17. The molecule has 5 aromatic rings. The molecule has 3 heterocycles. The third-order valence-electron chi connectivity index (χ3n) is 5.38. The van der Waals surface area contributed by atoms with Crippen LogP contribution >= 0.6 is 0 Å². The van der Waals surface area contributed by atoms with Crippen LogP contribution in [0.2, 0.25) is 0 Å². The molecule has 0 N–H and O–H groups in total. The van der Waals surface area contributed by atoms with Gasteiger partial charge in [-0.25, -0.2) is 4.98 Å². The first-order chi connectivity index (χ1) is 15.6. The average molecular weight is 427 g/mol. The Morgan fingerprint density at radius 2 is 1.81 bits per heavy atom. The van der Waals surface area contributed by atoms with E-state index in [0.717, 1.165) is 16.9 Å². The van der Waals surface area contributed by atoms with E-state index in [2.05, 4.69) is 15.1 Å². The lowest BCUT2D eigenvalue weighted by molar-refractivity contribution is 0.408. The summed E-state index contributed by atoms with van der Waals surface area (Å²) < 4.78 is 14.1. The summed E-state index contributed by atoms with van der Waals surface area (Å²) in [6.07, 6.45) is 1.75. The Morgan fingerprint density at radius 1 is 0.969 bits per heavy atom. The molecule has 8 nitrogen and oxygen atoms in total. The van der Waals surface area contributed by atoms with E-state index in [1.807, 2.05) is 54.6 Å². The fourth-order valence-corrected chi connectivity index (χ4v) is 3.90. The summed E-state index contributed by atoms with van der Waals surface area (Å²) in [4.78, 5) is 22.7.